The maximum atomic E-state index is 12.7. The zero-order chi connectivity index (χ0) is 20.5. The first kappa shape index (κ1) is 19.5. The molecule has 9 heteroatoms. The van der Waals surface area contributed by atoms with Crippen molar-refractivity contribution in [3.05, 3.63) is 59.1 Å². The molecule has 0 spiro atoms. The van der Waals surface area contributed by atoms with Crippen LogP contribution in [0.25, 0.3) is 22.2 Å². The van der Waals surface area contributed by atoms with Gasteiger partial charge in [-0.15, -0.1) is 0 Å². The average molecular weight is 401 g/mol. The van der Waals surface area contributed by atoms with Crippen molar-refractivity contribution in [1.29, 1.82) is 0 Å². The third-order valence-electron chi connectivity index (χ3n) is 4.79. The molecule has 4 rings (SSSR count). The lowest BCUT2D eigenvalue weighted by atomic mass is 9.99. The predicted octanol–water partition coefficient (Wildman–Crippen LogP) is 0.0337. The Morgan fingerprint density at radius 3 is 2.62 bits per heavy atom. The zero-order valence-electron chi connectivity index (χ0n) is 15.1. The monoisotopic (exact) mass is 401 g/mol. The van der Waals surface area contributed by atoms with E-state index in [0.717, 1.165) is 0 Å². The summed E-state index contributed by atoms with van der Waals surface area (Å²) in [5.41, 5.74) is 0.798. The van der Waals surface area contributed by atoms with Crippen LogP contribution < -0.4 is 10.2 Å². The topological polar surface area (TPSA) is 142 Å². The van der Waals surface area contributed by atoms with Gasteiger partial charge in [0.15, 0.2) is 0 Å². The highest BCUT2D eigenvalue weighted by molar-refractivity contribution is 5.81. The van der Waals surface area contributed by atoms with Gasteiger partial charge in [0.2, 0.25) is 11.7 Å². The van der Waals surface area contributed by atoms with Gasteiger partial charge in [-0.25, -0.2) is 0 Å². The summed E-state index contributed by atoms with van der Waals surface area (Å²) in [4.78, 5) is 16.9. The Morgan fingerprint density at radius 1 is 1.07 bits per heavy atom. The molecule has 5 atom stereocenters. The van der Waals surface area contributed by atoms with Crippen LogP contribution in [0.4, 0.5) is 0 Å². The van der Waals surface area contributed by atoms with Gasteiger partial charge in [0.25, 0.3) is 0 Å². The number of aliphatic hydroxyl groups is 4. The van der Waals surface area contributed by atoms with Crippen LogP contribution in [0.1, 0.15) is 0 Å². The van der Waals surface area contributed by atoms with E-state index in [1.54, 1.807) is 24.4 Å². The SMILES string of the molecule is O=c1c(-c2ccccn2)coc2cc(O[C@@H]3O[C@@H](CO)[C@@H](O)[C@@H](O)[C@@H]3O)ccc12. The highest BCUT2D eigenvalue weighted by atomic mass is 16.7. The van der Waals surface area contributed by atoms with Crippen LogP contribution in [-0.4, -0.2) is 62.7 Å². The summed E-state index contributed by atoms with van der Waals surface area (Å²) in [5, 5.41) is 39.3. The molecule has 0 radical (unpaired) electrons. The van der Waals surface area contributed by atoms with Crippen molar-refractivity contribution >= 4 is 11.0 Å². The summed E-state index contributed by atoms with van der Waals surface area (Å²) in [6.45, 7) is -0.562. The molecule has 0 saturated carbocycles. The number of fused-ring (bicyclic) bond motifs is 1. The van der Waals surface area contributed by atoms with Gasteiger partial charge in [0.05, 0.1) is 23.3 Å². The lowest BCUT2D eigenvalue weighted by Crippen LogP contribution is -2.60. The number of ether oxygens (including phenoxy) is 2. The highest BCUT2D eigenvalue weighted by Gasteiger charge is 2.44. The Morgan fingerprint density at radius 2 is 1.90 bits per heavy atom. The van der Waals surface area contributed by atoms with Crippen LogP contribution in [0.15, 0.2) is 58.1 Å². The second-order valence-corrected chi connectivity index (χ2v) is 6.67. The molecule has 1 aliphatic rings. The summed E-state index contributed by atoms with van der Waals surface area (Å²) in [7, 11) is 0. The summed E-state index contributed by atoms with van der Waals surface area (Å²) >= 11 is 0. The number of nitrogens with zero attached hydrogens (tertiary/aromatic N) is 1. The molecule has 0 unspecified atom stereocenters. The molecule has 3 heterocycles. The minimum atomic E-state index is -1.55. The molecule has 1 aliphatic heterocycles. The zero-order valence-corrected chi connectivity index (χ0v) is 15.1. The fourth-order valence-electron chi connectivity index (χ4n) is 3.18. The van der Waals surface area contributed by atoms with Crippen molar-refractivity contribution in [1.82, 2.24) is 4.98 Å². The minimum absolute atomic E-state index is 0.204. The molecule has 9 nitrogen and oxygen atoms in total. The summed E-state index contributed by atoms with van der Waals surface area (Å²) < 4.78 is 16.4. The van der Waals surface area contributed by atoms with Crippen molar-refractivity contribution in [2.75, 3.05) is 6.61 Å². The van der Waals surface area contributed by atoms with Crippen molar-refractivity contribution < 1.29 is 34.3 Å². The third-order valence-corrected chi connectivity index (χ3v) is 4.79. The van der Waals surface area contributed by atoms with Crippen LogP contribution in [0.2, 0.25) is 0 Å². The van der Waals surface area contributed by atoms with Gasteiger partial charge in [-0.05, 0) is 24.3 Å². The predicted molar refractivity (Wildman–Crippen MR) is 100 cm³/mol. The quantitative estimate of drug-likeness (QED) is 0.476. The van der Waals surface area contributed by atoms with E-state index in [2.05, 4.69) is 4.98 Å². The maximum absolute atomic E-state index is 12.7. The fourth-order valence-corrected chi connectivity index (χ4v) is 3.18. The lowest BCUT2D eigenvalue weighted by molar-refractivity contribution is -0.277. The van der Waals surface area contributed by atoms with Crippen LogP contribution in [0, 0.1) is 0 Å². The van der Waals surface area contributed by atoms with Crippen molar-refractivity contribution in [2.45, 2.75) is 30.7 Å². The number of hydrogen-bond acceptors (Lipinski definition) is 9. The molecule has 1 fully saturated rings. The van der Waals surface area contributed by atoms with E-state index in [1.807, 2.05) is 0 Å². The molecular formula is C20H19NO8. The molecule has 29 heavy (non-hydrogen) atoms. The van der Waals surface area contributed by atoms with Crippen LogP contribution >= 0.6 is 0 Å². The van der Waals surface area contributed by atoms with Crippen LogP contribution in [-0.2, 0) is 4.74 Å². The standard InChI is InChI=1S/C20H19NO8/c22-8-15-17(24)18(25)19(26)20(29-15)28-10-4-5-11-14(7-10)27-9-12(16(11)23)13-3-1-2-6-21-13/h1-7,9,15,17-20,22,24-26H,8H2/t15-,17+,18+,19-,20+/m0/s1. The number of pyridine rings is 1. The van der Waals surface area contributed by atoms with Gasteiger partial charge in [-0.1, -0.05) is 6.07 Å². The van der Waals surface area contributed by atoms with Crippen molar-refractivity contribution in [2.24, 2.45) is 0 Å². The second kappa shape index (κ2) is 7.90. The number of hydrogen-bond donors (Lipinski definition) is 4. The number of aromatic nitrogens is 1. The van der Waals surface area contributed by atoms with E-state index in [1.165, 1.54) is 24.5 Å². The Labute approximate surface area is 164 Å². The molecule has 0 bridgehead atoms. The first-order valence-corrected chi connectivity index (χ1v) is 8.93. The second-order valence-electron chi connectivity index (χ2n) is 6.67. The van der Waals surface area contributed by atoms with Crippen molar-refractivity contribution in [3.63, 3.8) is 0 Å². The third kappa shape index (κ3) is 3.61. The molecule has 0 aliphatic carbocycles. The summed E-state index contributed by atoms with van der Waals surface area (Å²) in [6, 6.07) is 9.66. The van der Waals surface area contributed by atoms with Gasteiger partial charge in [-0.2, -0.15) is 0 Å². The Kier molecular flexibility index (Phi) is 5.31. The first-order chi connectivity index (χ1) is 14.0. The molecule has 1 aromatic carbocycles. The molecular weight excluding hydrogens is 382 g/mol. The van der Waals surface area contributed by atoms with E-state index in [9.17, 15) is 25.2 Å². The molecule has 2 aromatic heterocycles. The van der Waals surface area contributed by atoms with Gasteiger partial charge in [0, 0.05) is 12.3 Å². The van der Waals surface area contributed by atoms with E-state index in [-0.39, 0.29) is 16.8 Å². The smallest absolute Gasteiger partial charge is 0.229 e. The van der Waals surface area contributed by atoms with Crippen LogP contribution in [0.5, 0.6) is 5.75 Å². The maximum Gasteiger partial charge on any atom is 0.229 e. The number of benzene rings is 1. The summed E-state index contributed by atoms with van der Waals surface area (Å²) in [5.74, 6) is 0.204. The number of aliphatic hydroxyl groups excluding tert-OH is 4. The Balaban J connectivity index is 1.62. The van der Waals surface area contributed by atoms with Gasteiger partial charge >= 0.3 is 0 Å². The highest BCUT2D eigenvalue weighted by Crippen LogP contribution is 2.27. The van der Waals surface area contributed by atoms with E-state index < -0.39 is 37.3 Å². The van der Waals surface area contributed by atoms with Gasteiger partial charge in [-0.3, -0.25) is 9.78 Å². The molecule has 3 aromatic rings. The largest absolute Gasteiger partial charge is 0.463 e. The molecule has 152 valence electrons. The normalized spacial score (nSPS) is 27.1. The fraction of sp³-hybridized carbons (Fsp3) is 0.300. The van der Waals surface area contributed by atoms with Crippen molar-refractivity contribution in [3.8, 4) is 17.0 Å². The lowest BCUT2D eigenvalue weighted by Gasteiger charge is -2.39. The van der Waals surface area contributed by atoms with E-state index in [4.69, 9.17) is 13.9 Å². The van der Waals surface area contributed by atoms with Crippen LogP contribution in [0.3, 0.4) is 0 Å². The minimum Gasteiger partial charge on any atom is -0.463 e. The van der Waals surface area contributed by atoms with E-state index >= 15 is 0 Å². The average Bonchev–Trinajstić information content (AvgIpc) is 2.75. The molecule has 1 saturated heterocycles. The number of rotatable bonds is 4. The van der Waals surface area contributed by atoms with E-state index in [0.29, 0.717) is 16.6 Å². The Bertz CT molecular complexity index is 1050. The molecule has 0 amide bonds. The van der Waals surface area contributed by atoms with Gasteiger partial charge < -0.3 is 34.3 Å². The first-order valence-electron chi connectivity index (χ1n) is 8.93. The molecule has 4 N–H and O–H groups in total. The summed E-state index contributed by atoms with van der Waals surface area (Å²) in [6.07, 6.45) is -4.09. The Hall–Kier alpha value is -2.82. The van der Waals surface area contributed by atoms with Gasteiger partial charge in [0.1, 0.15) is 42.0 Å².